The molecule has 1 atom stereocenters. The van der Waals surface area contributed by atoms with E-state index in [0.717, 1.165) is 47.2 Å². The molecule has 1 aromatic carbocycles. The summed E-state index contributed by atoms with van der Waals surface area (Å²) in [5.74, 6) is 2.19. The minimum absolute atomic E-state index is 0.0764. The maximum atomic E-state index is 12.8. The zero-order valence-electron chi connectivity index (χ0n) is 19.4. The number of anilines is 1. The lowest BCUT2D eigenvalue weighted by atomic mass is 9.97. The maximum absolute atomic E-state index is 12.8. The van der Waals surface area contributed by atoms with Crippen molar-refractivity contribution in [2.75, 3.05) is 31.6 Å². The minimum Gasteiger partial charge on any atom is -0.497 e. The van der Waals surface area contributed by atoms with Crippen molar-refractivity contribution >= 4 is 23.1 Å². The first kappa shape index (κ1) is 22.9. The van der Waals surface area contributed by atoms with Gasteiger partial charge in [-0.05, 0) is 49.2 Å². The Labute approximate surface area is 207 Å². The number of amides is 1. The fourth-order valence-corrected chi connectivity index (χ4v) is 4.94. The second kappa shape index (κ2) is 10.6. The van der Waals surface area contributed by atoms with Gasteiger partial charge in [0.15, 0.2) is 11.6 Å². The smallest absolute Gasteiger partial charge is 0.224 e. The molecule has 4 heterocycles. The summed E-state index contributed by atoms with van der Waals surface area (Å²) in [6, 6.07) is 11.6. The van der Waals surface area contributed by atoms with Gasteiger partial charge in [-0.1, -0.05) is 0 Å². The summed E-state index contributed by atoms with van der Waals surface area (Å²) in [4.78, 5) is 23.6. The van der Waals surface area contributed by atoms with Crippen LogP contribution in [0.1, 0.15) is 18.5 Å². The van der Waals surface area contributed by atoms with E-state index in [1.54, 1.807) is 29.5 Å². The molecule has 0 bridgehead atoms. The summed E-state index contributed by atoms with van der Waals surface area (Å²) >= 11 is 1.61. The van der Waals surface area contributed by atoms with E-state index in [2.05, 4.69) is 35.9 Å². The van der Waals surface area contributed by atoms with Crippen LogP contribution >= 0.6 is 11.3 Å². The number of benzene rings is 1. The van der Waals surface area contributed by atoms with Crippen LogP contribution < -0.4 is 15.0 Å². The number of carbonyl (C=O) groups excluding carboxylic acids is 1. The molecule has 10 nitrogen and oxygen atoms in total. The van der Waals surface area contributed by atoms with E-state index >= 15 is 0 Å². The number of piperidine rings is 1. The molecule has 0 aliphatic carbocycles. The highest BCUT2D eigenvalue weighted by atomic mass is 32.1. The van der Waals surface area contributed by atoms with Crippen LogP contribution in [0.4, 0.5) is 5.82 Å². The normalized spacial score (nSPS) is 15.7. The zero-order valence-corrected chi connectivity index (χ0v) is 20.2. The van der Waals surface area contributed by atoms with Gasteiger partial charge in [0.1, 0.15) is 23.4 Å². The van der Waals surface area contributed by atoms with Crippen LogP contribution in [0.3, 0.4) is 0 Å². The second-order valence-corrected chi connectivity index (χ2v) is 9.15. The van der Waals surface area contributed by atoms with Gasteiger partial charge in [0.05, 0.1) is 18.7 Å². The number of carbonyl (C=O) groups is 1. The Morgan fingerprint density at radius 3 is 2.74 bits per heavy atom. The third-order valence-electron chi connectivity index (χ3n) is 5.98. The molecule has 11 heteroatoms. The molecular formula is C24H26N8O2S. The molecule has 1 amide bonds. The van der Waals surface area contributed by atoms with E-state index in [0.29, 0.717) is 25.3 Å². The lowest BCUT2D eigenvalue weighted by Crippen LogP contribution is -2.43. The molecule has 3 aromatic heterocycles. The van der Waals surface area contributed by atoms with Gasteiger partial charge in [0.25, 0.3) is 0 Å². The van der Waals surface area contributed by atoms with E-state index in [4.69, 9.17) is 9.72 Å². The van der Waals surface area contributed by atoms with Crippen molar-refractivity contribution in [3.63, 3.8) is 0 Å². The zero-order chi connectivity index (χ0) is 24.0. The predicted octanol–water partition coefficient (Wildman–Crippen LogP) is 2.76. The average molecular weight is 491 g/mol. The van der Waals surface area contributed by atoms with Gasteiger partial charge < -0.3 is 15.0 Å². The third-order valence-corrected chi connectivity index (χ3v) is 6.92. The lowest BCUT2D eigenvalue weighted by Gasteiger charge is -2.32. The molecule has 0 spiro atoms. The van der Waals surface area contributed by atoms with Crippen molar-refractivity contribution in [2.45, 2.75) is 19.3 Å². The van der Waals surface area contributed by atoms with Gasteiger partial charge >= 0.3 is 0 Å². The SMILES string of the molecule is COc1ccc(-c2nc(CCNC(=O)C3CCCN(c4ccc(-n5cncn5)nn4)C3)cs2)cc1. The Bertz CT molecular complexity index is 1240. The van der Waals surface area contributed by atoms with E-state index in [1.165, 1.54) is 6.33 Å². The number of aromatic nitrogens is 6. The van der Waals surface area contributed by atoms with Crippen LogP contribution in [0.15, 0.2) is 54.4 Å². The predicted molar refractivity (Wildman–Crippen MR) is 133 cm³/mol. The number of thiazole rings is 1. The fourth-order valence-electron chi connectivity index (χ4n) is 4.08. The van der Waals surface area contributed by atoms with E-state index in [1.807, 2.05) is 36.4 Å². The number of nitrogens with one attached hydrogen (secondary N) is 1. The number of hydrogen-bond donors (Lipinski definition) is 1. The molecule has 1 aliphatic heterocycles. The quantitative estimate of drug-likeness (QED) is 0.401. The van der Waals surface area contributed by atoms with Gasteiger partial charge in [0.2, 0.25) is 5.91 Å². The Balaban J connectivity index is 1.12. The Hall–Kier alpha value is -3.86. The maximum Gasteiger partial charge on any atom is 0.224 e. The number of hydrogen-bond acceptors (Lipinski definition) is 9. The van der Waals surface area contributed by atoms with Crippen LogP contribution in [-0.4, -0.2) is 62.6 Å². The average Bonchev–Trinajstić information content (AvgIpc) is 3.62. The minimum atomic E-state index is -0.0779. The summed E-state index contributed by atoms with van der Waals surface area (Å²) in [5, 5.41) is 18.7. The topological polar surface area (TPSA) is 111 Å². The van der Waals surface area contributed by atoms with Crippen LogP contribution in [0.25, 0.3) is 16.4 Å². The summed E-state index contributed by atoms with van der Waals surface area (Å²) < 4.78 is 6.78. The first-order valence-electron chi connectivity index (χ1n) is 11.5. The third kappa shape index (κ3) is 5.46. The second-order valence-electron chi connectivity index (χ2n) is 8.29. The number of nitrogens with zero attached hydrogens (tertiary/aromatic N) is 7. The molecule has 1 aliphatic rings. The highest BCUT2D eigenvalue weighted by molar-refractivity contribution is 7.13. The monoisotopic (exact) mass is 490 g/mol. The molecular weight excluding hydrogens is 464 g/mol. The molecule has 1 fully saturated rings. The van der Waals surface area contributed by atoms with Gasteiger partial charge in [-0.2, -0.15) is 5.10 Å². The number of ether oxygens (including phenoxy) is 1. The molecule has 180 valence electrons. The van der Waals surface area contributed by atoms with Crippen molar-refractivity contribution in [3.8, 4) is 22.1 Å². The Morgan fingerprint density at radius 1 is 1.17 bits per heavy atom. The number of rotatable bonds is 8. The first-order valence-corrected chi connectivity index (χ1v) is 12.4. The number of methoxy groups -OCH3 is 1. The lowest BCUT2D eigenvalue weighted by molar-refractivity contribution is -0.125. The van der Waals surface area contributed by atoms with Crippen LogP contribution in [-0.2, 0) is 11.2 Å². The van der Waals surface area contributed by atoms with Crippen molar-refractivity contribution in [1.29, 1.82) is 0 Å². The largest absolute Gasteiger partial charge is 0.497 e. The fraction of sp³-hybridized carbons (Fsp3) is 0.333. The van der Waals surface area contributed by atoms with Gasteiger partial charge in [-0.25, -0.2) is 14.6 Å². The van der Waals surface area contributed by atoms with Crippen LogP contribution in [0.5, 0.6) is 5.75 Å². The van der Waals surface area contributed by atoms with E-state index in [-0.39, 0.29) is 11.8 Å². The van der Waals surface area contributed by atoms with Gasteiger partial charge in [-0.15, -0.1) is 21.5 Å². The van der Waals surface area contributed by atoms with Gasteiger partial charge in [0, 0.05) is 37.0 Å². The Kier molecular flexibility index (Phi) is 6.94. The molecule has 1 saturated heterocycles. The first-order chi connectivity index (χ1) is 17.2. The summed E-state index contributed by atoms with van der Waals surface area (Å²) in [7, 11) is 1.66. The molecule has 35 heavy (non-hydrogen) atoms. The van der Waals surface area contributed by atoms with Crippen LogP contribution in [0.2, 0.25) is 0 Å². The Morgan fingerprint density at radius 2 is 2.00 bits per heavy atom. The van der Waals surface area contributed by atoms with E-state index < -0.39 is 0 Å². The molecule has 0 radical (unpaired) electrons. The molecule has 0 saturated carbocycles. The van der Waals surface area contributed by atoms with Crippen molar-refractivity contribution in [1.82, 2.24) is 35.3 Å². The molecule has 4 aromatic rings. The summed E-state index contributed by atoms with van der Waals surface area (Å²) in [6.07, 6.45) is 5.53. The van der Waals surface area contributed by atoms with Crippen molar-refractivity contribution < 1.29 is 9.53 Å². The molecule has 1 N–H and O–H groups in total. The van der Waals surface area contributed by atoms with E-state index in [9.17, 15) is 4.79 Å². The van der Waals surface area contributed by atoms with Crippen LogP contribution in [0, 0.1) is 5.92 Å². The standard InChI is InChI=1S/C24H26N8O2S/c1-34-20-6-4-17(5-7-20)24-28-19(14-35-24)10-11-26-23(33)18-3-2-12-31(13-18)21-8-9-22(30-29-21)32-16-25-15-27-32/h4-9,14-16,18H,2-3,10-13H2,1H3,(H,26,33). The molecule has 5 rings (SSSR count). The molecule has 1 unspecified atom stereocenters. The highest BCUT2D eigenvalue weighted by Crippen LogP contribution is 2.26. The van der Waals surface area contributed by atoms with Gasteiger partial charge in [-0.3, -0.25) is 4.79 Å². The van der Waals surface area contributed by atoms with Crippen molar-refractivity contribution in [3.05, 3.63) is 60.1 Å². The highest BCUT2D eigenvalue weighted by Gasteiger charge is 2.26. The van der Waals surface area contributed by atoms with Crippen molar-refractivity contribution in [2.24, 2.45) is 5.92 Å². The summed E-state index contributed by atoms with van der Waals surface area (Å²) in [6.45, 7) is 2.04. The summed E-state index contributed by atoms with van der Waals surface area (Å²) in [5.41, 5.74) is 2.04.